The molecular formula is C19H24O3. The van der Waals surface area contributed by atoms with Crippen LogP contribution in [0.1, 0.15) is 22.3 Å². The molecule has 2 aromatic rings. The van der Waals surface area contributed by atoms with Crippen LogP contribution in [-0.2, 0) is 0 Å². The van der Waals surface area contributed by atoms with Crippen LogP contribution in [0.3, 0.4) is 0 Å². The highest BCUT2D eigenvalue weighted by molar-refractivity contribution is 5.81. The van der Waals surface area contributed by atoms with Crippen LogP contribution in [0.2, 0.25) is 0 Å². The van der Waals surface area contributed by atoms with Crippen molar-refractivity contribution in [2.45, 2.75) is 27.7 Å². The van der Waals surface area contributed by atoms with Crippen molar-refractivity contribution in [1.29, 1.82) is 0 Å². The van der Waals surface area contributed by atoms with Crippen molar-refractivity contribution in [3.05, 3.63) is 40.5 Å². The molecule has 0 aliphatic rings. The first-order valence-corrected chi connectivity index (χ1v) is 7.33. The molecule has 0 spiro atoms. The van der Waals surface area contributed by atoms with Crippen LogP contribution in [0.15, 0.2) is 18.2 Å². The van der Waals surface area contributed by atoms with E-state index in [0.29, 0.717) is 0 Å². The molecule has 3 nitrogen and oxygen atoms in total. The average molecular weight is 300 g/mol. The summed E-state index contributed by atoms with van der Waals surface area (Å²) < 4.78 is 16.6. The molecule has 0 unspecified atom stereocenters. The van der Waals surface area contributed by atoms with Crippen LogP contribution in [0.5, 0.6) is 17.2 Å². The van der Waals surface area contributed by atoms with Crippen LogP contribution in [-0.4, -0.2) is 21.3 Å². The molecule has 118 valence electrons. The Morgan fingerprint density at radius 2 is 1.27 bits per heavy atom. The summed E-state index contributed by atoms with van der Waals surface area (Å²) in [6.07, 6.45) is 0. The first-order chi connectivity index (χ1) is 10.5. The zero-order valence-electron chi connectivity index (χ0n) is 14.5. The molecule has 0 saturated carbocycles. The maximum atomic E-state index is 5.72. The van der Waals surface area contributed by atoms with Crippen molar-refractivity contribution in [1.82, 2.24) is 0 Å². The summed E-state index contributed by atoms with van der Waals surface area (Å²) in [5.41, 5.74) is 6.68. The van der Waals surface area contributed by atoms with Crippen LogP contribution >= 0.6 is 0 Å². The molecule has 22 heavy (non-hydrogen) atoms. The zero-order chi connectivity index (χ0) is 16.4. The number of ether oxygens (including phenoxy) is 3. The van der Waals surface area contributed by atoms with Crippen molar-refractivity contribution in [3.8, 4) is 28.4 Å². The van der Waals surface area contributed by atoms with E-state index in [0.717, 1.165) is 50.6 Å². The molecule has 0 heterocycles. The predicted molar refractivity (Wildman–Crippen MR) is 90.5 cm³/mol. The summed E-state index contributed by atoms with van der Waals surface area (Å²) in [5, 5.41) is 0. The van der Waals surface area contributed by atoms with Gasteiger partial charge in [-0.25, -0.2) is 0 Å². The van der Waals surface area contributed by atoms with Crippen LogP contribution in [0, 0.1) is 27.7 Å². The average Bonchev–Trinajstić information content (AvgIpc) is 2.51. The fraction of sp³-hybridized carbons (Fsp3) is 0.368. The molecule has 0 N–H and O–H groups in total. The number of hydrogen-bond acceptors (Lipinski definition) is 3. The van der Waals surface area contributed by atoms with Gasteiger partial charge in [-0.1, -0.05) is 6.07 Å². The van der Waals surface area contributed by atoms with E-state index in [1.807, 2.05) is 12.1 Å². The molecule has 0 atom stereocenters. The minimum Gasteiger partial charge on any atom is -0.497 e. The standard InChI is InChI=1S/C19H24O3/c1-11-10-15(20-5)8-9-16(11)17-14(4)18(21-6)12(2)13(3)19(17)22-7/h8-10H,1-7H3. The maximum absolute atomic E-state index is 5.72. The molecule has 0 bridgehead atoms. The van der Waals surface area contributed by atoms with Crippen LogP contribution in [0.4, 0.5) is 0 Å². The lowest BCUT2D eigenvalue weighted by molar-refractivity contribution is 0.396. The molecule has 3 heteroatoms. The molecule has 2 rings (SSSR count). The van der Waals surface area contributed by atoms with E-state index >= 15 is 0 Å². The van der Waals surface area contributed by atoms with Crippen molar-refractivity contribution < 1.29 is 14.2 Å². The summed E-state index contributed by atoms with van der Waals surface area (Å²) in [6.45, 7) is 8.29. The van der Waals surface area contributed by atoms with Gasteiger partial charge < -0.3 is 14.2 Å². The summed E-state index contributed by atoms with van der Waals surface area (Å²) in [4.78, 5) is 0. The highest BCUT2D eigenvalue weighted by Crippen LogP contribution is 2.44. The molecule has 2 aromatic carbocycles. The Morgan fingerprint density at radius 3 is 1.77 bits per heavy atom. The third kappa shape index (κ3) is 2.52. The van der Waals surface area contributed by atoms with Crippen LogP contribution < -0.4 is 14.2 Å². The fourth-order valence-electron chi connectivity index (χ4n) is 3.02. The second-order valence-electron chi connectivity index (χ2n) is 5.50. The van der Waals surface area contributed by atoms with Gasteiger partial charge in [-0.05, 0) is 62.1 Å². The lowest BCUT2D eigenvalue weighted by Crippen LogP contribution is -2.02. The number of aryl methyl sites for hydroxylation is 1. The first-order valence-electron chi connectivity index (χ1n) is 7.33. The van der Waals surface area contributed by atoms with Gasteiger partial charge in [0.25, 0.3) is 0 Å². The van der Waals surface area contributed by atoms with Gasteiger partial charge in [-0.3, -0.25) is 0 Å². The Labute approximate surface area is 132 Å². The normalized spacial score (nSPS) is 10.5. The fourth-order valence-corrected chi connectivity index (χ4v) is 3.02. The Hall–Kier alpha value is -2.16. The number of rotatable bonds is 4. The largest absolute Gasteiger partial charge is 0.497 e. The topological polar surface area (TPSA) is 27.7 Å². The van der Waals surface area contributed by atoms with Crippen molar-refractivity contribution in [2.24, 2.45) is 0 Å². The zero-order valence-corrected chi connectivity index (χ0v) is 14.5. The Kier molecular flexibility index (Phi) is 4.65. The van der Waals surface area contributed by atoms with Gasteiger partial charge in [-0.2, -0.15) is 0 Å². The lowest BCUT2D eigenvalue weighted by Gasteiger charge is -2.21. The number of methoxy groups -OCH3 is 3. The Bertz CT molecular complexity index is 703. The molecule has 0 aromatic heterocycles. The maximum Gasteiger partial charge on any atom is 0.130 e. The molecular weight excluding hydrogens is 276 g/mol. The summed E-state index contributed by atoms with van der Waals surface area (Å²) in [7, 11) is 5.11. The highest BCUT2D eigenvalue weighted by atomic mass is 16.5. The number of hydrogen-bond donors (Lipinski definition) is 0. The van der Waals surface area contributed by atoms with Crippen LogP contribution in [0.25, 0.3) is 11.1 Å². The predicted octanol–water partition coefficient (Wildman–Crippen LogP) is 4.61. The third-order valence-electron chi connectivity index (χ3n) is 4.30. The monoisotopic (exact) mass is 300 g/mol. The van der Waals surface area contributed by atoms with E-state index < -0.39 is 0 Å². The first kappa shape index (κ1) is 16.2. The summed E-state index contributed by atoms with van der Waals surface area (Å²) >= 11 is 0. The van der Waals surface area contributed by atoms with Gasteiger partial charge >= 0.3 is 0 Å². The molecule has 0 amide bonds. The summed E-state index contributed by atoms with van der Waals surface area (Å²) in [5.74, 6) is 2.68. The van der Waals surface area contributed by atoms with Crippen molar-refractivity contribution in [2.75, 3.05) is 21.3 Å². The van der Waals surface area contributed by atoms with E-state index in [9.17, 15) is 0 Å². The third-order valence-corrected chi connectivity index (χ3v) is 4.30. The Morgan fingerprint density at radius 1 is 0.682 bits per heavy atom. The molecule has 0 fully saturated rings. The van der Waals surface area contributed by atoms with Gasteiger partial charge in [0.2, 0.25) is 0 Å². The molecule has 0 saturated heterocycles. The van der Waals surface area contributed by atoms with Gasteiger partial charge in [0.1, 0.15) is 17.2 Å². The quantitative estimate of drug-likeness (QED) is 0.825. The van der Waals surface area contributed by atoms with Gasteiger partial charge in [-0.15, -0.1) is 0 Å². The molecule has 0 aliphatic heterocycles. The Balaban J connectivity index is 2.82. The van der Waals surface area contributed by atoms with Gasteiger partial charge in [0, 0.05) is 11.1 Å². The minimum absolute atomic E-state index is 0.855. The van der Waals surface area contributed by atoms with Gasteiger partial charge in [0.15, 0.2) is 0 Å². The molecule has 0 radical (unpaired) electrons. The van der Waals surface area contributed by atoms with Crippen molar-refractivity contribution >= 4 is 0 Å². The molecule has 0 aliphatic carbocycles. The summed E-state index contributed by atoms with van der Waals surface area (Å²) in [6, 6.07) is 6.09. The minimum atomic E-state index is 0.855. The number of benzene rings is 2. The van der Waals surface area contributed by atoms with E-state index in [1.165, 1.54) is 0 Å². The second-order valence-corrected chi connectivity index (χ2v) is 5.50. The highest BCUT2D eigenvalue weighted by Gasteiger charge is 2.21. The smallest absolute Gasteiger partial charge is 0.130 e. The SMILES string of the molecule is COc1ccc(-c2c(C)c(OC)c(C)c(C)c2OC)c(C)c1. The second kappa shape index (κ2) is 6.30. The van der Waals surface area contributed by atoms with E-state index in [1.54, 1.807) is 21.3 Å². The van der Waals surface area contributed by atoms with E-state index in [2.05, 4.69) is 33.8 Å². The van der Waals surface area contributed by atoms with Crippen molar-refractivity contribution in [3.63, 3.8) is 0 Å². The lowest BCUT2D eigenvalue weighted by atomic mass is 9.90. The van der Waals surface area contributed by atoms with Gasteiger partial charge in [0.05, 0.1) is 21.3 Å². The van der Waals surface area contributed by atoms with E-state index in [-0.39, 0.29) is 0 Å². The van der Waals surface area contributed by atoms with E-state index in [4.69, 9.17) is 14.2 Å².